The molecule has 0 saturated heterocycles. The number of anilines is 1. The predicted molar refractivity (Wildman–Crippen MR) is 129 cm³/mol. The lowest BCUT2D eigenvalue weighted by Gasteiger charge is -2.21. The lowest BCUT2D eigenvalue weighted by Crippen LogP contribution is -2.21. The number of aromatic nitrogens is 4. The Kier molecular flexibility index (Phi) is 8.86. The number of allylic oxidation sites excluding steroid dienone is 1. The summed E-state index contributed by atoms with van der Waals surface area (Å²) in [6.07, 6.45) is 10.5. The Morgan fingerprint density at radius 2 is 2.03 bits per heavy atom. The average molecular weight is 477 g/mol. The number of nitrogens with one attached hydrogen (secondary N) is 1. The van der Waals surface area contributed by atoms with E-state index >= 15 is 0 Å². The molecule has 2 heterocycles. The van der Waals surface area contributed by atoms with Crippen LogP contribution in [0, 0.1) is 12.8 Å². The second-order valence-electron chi connectivity index (χ2n) is 8.31. The fraction of sp³-hybridized carbons (Fsp3) is 0.591. The smallest absolute Gasteiger partial charge is 0.265 e. The number of thioether (sulfide) groups is 1. The van der Waals surface area contributed by atoms with Gasteiger partial charge < -0.3 is 14.8 Å². The molecule has 0 aromatic carbocycles. The van der Waals surface area contributed by atoms with Crippen LogP contribution in [0.2, 0.25) is 0 Å². The van der Waals surface area contributed by atoms with Crippen LogP contribution in [0.15, 0.2) is 17.8 Å². The van der Waals surface area contributed by atoms with E-state index in [4.69, 9.17) is 0 Å². The van der Waals surface area contributed by atoms with E-state index in [1.54, 1.807) is 21.0 Å². The second-order valence-corrected chi connectivity index (χ2v) is 10.3. The average Bonchev–Trinajstić information content (AvgIpc) is 3.33. The van der Waals surface area contributed by atoms with Gasteiger partial charge in [-0.1, -0.05) is 61.3 Å². The molecule has 10 heteroatoms. The molecule has 32 heavy (non-hydrogen) atoms. The lowest BCUT2D eigenvalue weighted by atomic mass is 9.86. The van der Waals surface area contributed by atoms with Gasteiger partial charge in [0.2, 0.25) is 5.91 Å². The number of thiazole rings is 1. The van der Waals surface area contributed by atoms with Gasteiger partial charge in [0.05, 0.1) is 11.4 Å². The molecule has 0 radical (unpaired) electrons. The molecule has 1 N–H and O–H groups in total. The van der Waals surface area contributed by atoms with Gasteiger partial charge in [-0.25, -0.2) is 4.98 Å². The number of rotatable bonds is 10. The standard InChI is InChI=1S/C22H32N6O2S2/c1-5-13-28-17(12-11-16-9-7-6-8-10-16)25-26-22(28)31-14-18(29)24-21-23-15(2)19(32-21)20(30)27(3)4/h5,16H,1,6-14H2,2-4H3,(H,23,24,29). The van der Waals surface area contributed by atoms with E-state index < -0.39 is 0 Å². The van der Waals surface area contributed by atoms with Crippen LogP contribution in [0.5, 0.6) is 0 Å². The maximum absolute atomic E-state index is 12.5. The third-order valence-corrected chi connectivity index (χ3v) is 7.61. The van der Waals surface area contributed by atoms with Crippen molar-refractivity contribution in [2.24, 2.45) is 5.92 Å². The molecule has 1 aliphatic carbocycles. The Morgan fingerprint density at radius 3 is 2.72 bits per heavy atom. The van der Waals surface area contributed by atoms with E-state index in [-0.39, 0.29) is 17.6 Å². The van der Waals surface area contributed by atoms with E-state index in [1.807, 2.05) is 6.08 Å². The number of aryl methyl sites for hydroxylation is 2. The molecule has 3 rings (SSSR count). The van der Waals surface area contributed by atoms with Gasteiger partial charge in [-0.15, -0.1) is 16.8 Å². The highest BCUT2D eigenvalue weighted by molar-refractivity contribution is 7.99. The van der Waals surface area contributed by atoms with Crippen LogP contribution in [0.4, 0.5) is 5.13 Å². The zero-order valence-electron chi connectivity index (χ0n) is 19.1. The van der Waals surface area contributed by atoms with E-state index in [0.717, 1.165) is 29.7 Å². The SMILES string of the molecule is C=CCn1c(CCC2CCCCC2)nnc1SCC(=O)Nc1nc(C)c(C(=O)N(C)C)s1. The fourth-order valence-corrected chi connectivity index (χ4v) is 5.64. The number of amides is 2. The van der Waals surface area contributed by atoms with Gasteiger partial charge in [-0.3, -0.25) is 9.59 Å². The summed E-state index contributed by atoms with van der Waals surface area (Å²) in [7, 11) is 3.39. The van der Waals surface area contributed by atoms with Crippen LogP contribution in [-0.4, -0.2) is 56.3 Å². The highest BCUT2D eigenvalue weighted by atomic mass is 32.2. The van der Waals surface area contributed by atoms with Crippen molar-refractivity contribution in [3.8, 4) is 0 Å². The Hall–Kier alpha value is -2.20. The third-order valence-electron chi connectivity index (χ3n) is 5.58. The Balaban J connectivity index is 1.57. The van der Waals surface area contributed by atoms with Gasteiger partial charge in [-0.05, 0) is 19.3 Å². The molecule has 0 bridgehead atoms. The number of hydrogen-bond acceptors (Lipinski definition) is 7. The summed E-state index contributed by atoms with van der Waals surface area (Å²) in [5.74, 6) is 1.62. The van der Waals surface area contributed by atoms with Crippen molar-refractivity contribution < 1.29 is 9.59 Å². The summed E-state index contributed by atoms with van der Waals surface area (Å²) in [5, 5.41) is 12.7. The highest BCUT2D eigenvalue weighted by Crippen LogP contribution is 2.28. The number of carbonyl (C=O) groups excluding carboxylic acids is 2. The normalized spacial score (nSPS) is 14.3. The molecule has 1 fully saturated rings. The number of nitrogens with zero attached hydrogens (tertiary/aromatic N) is 5. The van der Waals surface area contributed by atoms with Gasteiger partial charge in [0.15, 0.2) is 10.3 Å². The predicted octanol–water partition coefficient (Wildman–Crippen LogP) is 4.17. The first-order chi connectivity index (χ1) is 15.4. The van der Waals surface area contributed by atoms with Crippen LogP contribution >= 0.6 is 23.1 Å². The van der Waals surface area contributed by atoms with Crippen LogP contribution in [0.1, 0.15) is 59.7 Å². The van der Waals surface area contributed by atoms with Crippen molar-refractivity contribution >= 4 is 40.0 Å². The molecule has 2 aromatic rings. The summed E-state index contributed by atoms with van der Waals surface area (Å²) in [6.45, 7) is 6.24. The van der Waals surface area contributed by atoms with Gasteiger partial charge >= 0.3 is 0 Å². The van der Waals surface area contributed by atoms with Crippen molar-refractivity contribution in [1.29, 1.82) is 0 Å². The van der Waals surface area contributed by atoms with Crippen LogP contribution in [0.25, 0.3) is 0 Å². The molecular formula is C22H32N6O2S2. The van der Waals surface area contributed by atoms with Crippen molar-refractivity contribution in [2.75, 3.05) is 25.2 Å². The molecule has 1 aliphatic rings. The summed E-state index contributed by atoms with van der Waals surface area (Å²) in [6, 6.07) is 0. The Labute approximate surface area is 197 Å². The Bertz CT molecular complexity index is 946. The summed E-state index contributed by atoms with van der Waals surface area (Å²) < 4.78 is 2.05. The zero-order valence-corrected chi connectivity index (χ0v) is 20.7. The van der Waals surface area contributed by atoms with E-state index in [0.29, 0.717) is 22.2 Å². The van der Waals surface area contributed by atoms with Gasteiger partial charge in [0.1, 0.15) is 10.7 Å². The first kappa shape index (κ1) is 24.4. The maximum atomic E-state index is 12.5. The minimum Gasteiger partial charge on any atom is -0.344 e. The van der Waals surface area contributed by atoms with Crippen molar-refractivity contribution in [3.05, 3.63) is 29.1 Å². The first-order valence-electron chi connectivity index (χ1n) is 11.0. The van der Waals surface area contributed by atoms with Crippen molar-refractivity contribution in [1.82, 2.24) is 24.6 Å². The molecule has 1 saturated carbocycles. The largest absolute Gasteiger partial charge is 0.344 e. The molecule has 0 unspecified atom stereocenters. The van der Waals surface area contributed by atoms with Gasteiger partial charge in [0, 0.05) is 27.1 Å². The van der Waals surface area contributed by atoms with E-state index in [2.05, 4.69) is 31.6 Å². The Morgan fingerprint density at radius 1 is 1.28 bits per heavy atom. The monoisotopic (exact) mass is 476 g/mol. The van der Waals surface area contributed by atoms with Crippen molar-refractivity contribution in [3.63, 3.8) is 0 Å². The molecule has 0 aliphatic heterocycles. The summed E-state index contributed by atoms with van der Waals surface area (Å²) >= 11 is 2.54. The van der Waals surface area contributed by atoms with E-state index in [1.165, 1.54) is 60.1 Å². The summed E-state index contributed by atoms with van der Waals surface area (Å²) in [4.78, 5) is 31.0. The second kappa shape index (κ2) is 11.6. The molecule has 8 nitrogen and oxygen atoms in total. The summed E-state index contributed by atoms with van der Waals surface area (Å²) in [5.41, 5.74) is 0.616. The fourth-order valence-electron chi connectivity index (χ4n) is 3.87. The number of carbonyl (C=O) groups is 2. The molecule has 2 aromatic heterocycles. The third kappa shape index (κ3) is 6.41. The van der Waals surface area contributed by atoms with Crippen molar-refractivity contribution in [2.45, 2.75) is 63.6 Å². The highest BCUT2D eigenvalue weighted by Gasteiger charge is 2.20. The molecule has 2 amide bonds. The molecule has 0 atom stereocenters. The molecular weight excluding hydrogens is 444 g/mol. The maximum Gasteiger partial charge on any atom is 0.265 e. The quantitative estimate of drug-likeness (QED) is 0.409. The minimum atomic E-state index is -0.190. The van der Waals surface area contributed by atoms with Gasteiger partial charge in [0.25, 0.3) is 5.91 Å². The minimum absolute atomic E-state index is 0.117. The first-order valence-corrected chi connectivity index (χ1v) is 12.8. The van der Waals surface area contributed by atoms with Gasteiger partial charge in [-0.2, -0.15) is 0 Å². The molecule has 0 spiro atoms. The molecule has 174 valence electrons. The zero-order chi connectivity index (χ0) is 23.1. The van der Waals surface area contributed by atoms with Crippen LogP contribution in [-0.2, 0) is 17.8 Å². The van der Waals surface area contributed by atoms with Crippen LogP contribution < -0.4 is 5.32 Å². The lowest BCUT2D eigenvalue weighted by molar-refractivity contribution is -0.113. The van der Waals surface area contributed by atoms with E-state index in [9.17, 15) is 9.59 Å². The topological polar surface area (TPSA) is 93.0 Å². The van der Waals surface area contributed by atoms with Crippen LogP contribution in [0.3, 0.4) is 0 Å². The number of hydrogen-bond donors (Lipinski definition) is 1.